The lowest BCUT2D eigenvalue weighted by molar-refractivity contribution is 0.0568. The minimum absolute atomic E-state index is 0.0677. The van der Waals surface area contributed by atoms with Crippen molar-refractivity contribution in [1.29, 1.82) is 5.26 Å². The molecule has 4 rings (SSSR count). The zero-order valence-electron chi connectivity index (χ0n) is 17.2. The molecule has 1 aliphatic heterocycles. The Bertz CT molecular complexity index is 1030. The molecule has 1 aromatic carbocycles. The molecule has 1 amide bonds. The molecule has 1 unspecified atom stereocenters. The molecule has 1 saturated heterocycles. The maximum Gasteiger partial charge on any atom is 0.272 e. The summed E-state index contributed by atoms with van der Waals surface area (Å²) in [6.07, 6.45) is 1.60. The standard InChI is InChI=1S/C23H25N5O2/c1-17(2)21(16-24)26-10-12-27(13-11-26)23(29)20-15-19(22-9-6-14-30-22)25-28(20)18-7-4-3-5-8-18/h3-9,14-15,17,21H,10-13H2,1-2H3. The Morgan fingerprint density at radius 3 is 2.43 bits per heavy atom. The van der Waals surface area contributed by atoms with E-state index in [-0.39, 0.29) is 17.9 Å². The SMILES string of the molecule is CC(C)C(C#N)N1CCN(C(=O)c2cc(-c3ccco3)nn2-c2ccccc2)CC1. The van der Waals surface area contributed by atoms with Crippen LogP contribution in [0, 0.1) is 17.2 Å². The number of para-hydroxylation sites is 1. The first-order chi connectivity index (χ1) is 14.6. The summed E-state index contributed by atoms with van der Waals surface area (Å²) in [5.41, 5.74) is 1.94. The van der Waals surface area contributed by atoms with Gasteiger partial charge in [-0.1, -0.05) is 32.0 Å². The Morgan fingerprint density at radius 1 is 1.10 bits per heavy atom. The van der Waals surface area contributed by atoms with Crippen LogP contribution in [0.3, 0.4) is 0 Å². The van der Waals surface area contributed by atoms with Crippen molar-refractivity contribution in [2.45, 2.75) is 19.9 Å². The number of hydrogen-bond acceptors (Lipinski definition) is 5. The van der Waals surface area contributed by atoms with Gasteiger partial charge in [-0.3, -0.25) is 9.69 Å². The summed E-state index contributed by atoms with van der Waals surface area (Å²) in [6, 6.07) is 17.3. The van der Waals surface area contributed by atoms with Crippen LogP contribution >= 0.6 is 0 Å². The topological polar surface area (TPSA) is 78.3 Å². The Labute approximate surface area is 176 Å². The van der Waals surface area contributed by atoms with E-state index in [2.05, 4.69) is 29.9 Å². The lowest BCUT2D eigenvalue weighted by Crippen LogP contribution is -2.53. The number of hydrogen-bond donors (Lipinski definition) is 0. The van der Waals surface area contributed by atoms with Gasteiger partial charge in [-0.15, -0.1) is 0 Å². The zero-order chi connectivity index (χ0) is 21.1. The van der Waals surface area contributed by atoms with Gasteiger partial charge < -0.3 is 9.32 Å². The third-order valence-electron chi connectivity index (χ3n) is 5.46. The molecular weight excluding hydrogens is 378 g/mol. The van der Waals surface area contributed by atoms with E-state index in [1.807, 2.05) is 41.3 Å². The quantitative estimate of drug-likeness (QED) is 0.652. The van der Waals surface area contributed by atoms with Crippen LogP contribution in [-0.4, -0.2) is 57.7 Å². The molecule has 2 aromatic heterocycles. The average Bonchev–Trinajstić information content (AvgIpc) is 3.45. The number of rotatable bonds is 5. The second-order valence-electron chi connectivity index (χ2n) is 7.79. The van der Waals surface area contributed by atoms with Crippen LogP contribution in [0.2, 0.25) is 0 Å². The summed E-state index contributed by atoms with van der Waals surface area (Å²) in [4.78, 5) is 17.4. The fourth-order valence-electron chi connectivity index (χ4n) is 3.86. The van der Waals surface area contributed by atoms with Gasteiger partial charge in [0.1, 0.15) is 17.4 Å². The molecule has 154 valence electrons. The molecule has 0 saturated carbocycles. The lowest BCUT2D eigenvalue weighted by atomic mass is 10.0. The molecule has 0 bridgehead atoms. The van der Waals surface area contributed by atoms with E-state index in [0.29, 0.717) is 43.3 Å². The van der Waals surface area contributed by atoms with Crippen LogP contribution in [0.4, 0.5) is 0 Å². The third-order valence-corrected chi connectivity index (χ3v) is 5.46. The van der Waals surface area contributed by atoms with E-state index < -0.39 is 0 Å². The predicted octanol–water partition coefficient (Wildman–Crippen LogP) is 3.44. The zero-order valence-corrected chi connectivity index (χ0v) is 17.2. The molecule has 0 spiro atoms. The fraction of sp³-hybridized carbons (Fsp3) is 0.348. The molecule has 0 N–H and O–H groups in total. The van der Waals surface area contributed by atoms with Crippen molar-refractivity contribution in [2.24, 2.45) is 5.92 Å². The highest BCUT2D eigenvalue weighted by molar-refractivity contribution is 5.94. The van der Waals surface area contributed by atoms with Crippen molar-refractivity contribution in [3.8, 4) is 23.2 Å². The first kappa shape index (κ1) is 19.9. The van der Waals surface area contributed by atoms with E-state index in [0.717, 1.165) is 5.69 Å². The Hall–Kier alpha value is -3.37. The number of carbonyl (C=O) groups is 1. The second kappa shape index (κ2) is 8.56. The molecule has 0 aliphatic carbocycles. The molecule has 0 radical (unpaired) electrons. The highest BCUT2D eigenvalue weighted by atomic mass is 16.3. The number of amides is 1. The van der Waals surface area contributed by atoms with Crippen molar-refractivity contribution in [3.05, 3.63) is 60.5 Å². The van der Waals surface area contributed by atoms with Gasteiger partial charge in [-0.2, -0.15) is 10.4 Å². The van der Waals surface area contributed by atoms with E-state index in [9.17, 15) is 10.1 Å². The molecule has 1 fully saturated rings. The number of nitriles is 1. The summed E-state index contributed by atoms with van der Waals surface area (Å²) in [5.74, 6) is 0.812. The Balaban J connectivity index is 1.59. The minimum atomic E-state index is -0.123. The average molecular weight is 403 g/mol. The third kappa shape index (κ3) is 3.87. The number of piperazine rings is 1. The molecule has 7 heteroatoms. The second-order valence-corrected chi connectivity index (χ2v) is 7.79. The van der Waals surface area contributed by atoms with Gasteiger partial charge in [0.2, 0.25) is 0 Å². The van der Waals surface area contributed by atoms with Gasteiger partial charge in [0.15, 0.2) is 5.76 Å². The van der Waals surface area contributed by atoms with E-state index in [1.54, 1.807) is 23.1 Å². The normalized spacial score (nSPS) is 15.9. The Kier molecular flexibility index (Phi) is 5.68. The van der Waals surface area contributed by atoms with Crippen LogP contribution in [0.5, 0.6) is 0 Å². The van der Waals surface area contributed by atoms with Gasteiger partial charge >= 0.3 is 0 Å². The van der Waals surface area contributed by atoms with E-state index >= 15 is 0 Å². The molecule has 1 atom stereocenters. The van der Waals surface area contributed by atoms with Crippen LogP contribution in [0.1, 0.15) is 24.3 Å². The number of benzene rings is 1. The van der Waals surface area contributed by atoms with Gasteiger partial charge in [-0.25, -0.2) is 4.68 Å². The Morgan fingerprint density at radius 2 is 1.83 bits per heavy atom. The van der Waals surface area contributed by atoms with Gasteiger partial charge in [0.05, 0.1) is 18.0 Å². The highest BCUT2D eigenvalue weighted by Crippen LogP contribution is 2.24. The van der Waals surface area contributed by atoms with Gasteiger partial charge in [-0.05, 0) is 30.2 Å². The van der Waals surface area contributed by atoms with E-state index in [1.165, 1.54) is 0 Å². The highest BCUT2D eigenvalue weighted by Gasteiger charge is 2.30. The van der Waals surface area contributed by atoms with Gasteiger partial charge in [0.25, 0.3) is 5.91 Å². The number of nitrogens with zero attached hydrogens (tertiary/aromatic N) is 5. The van der Waals surface area contributed by atoms with Crippen LogP contribution in [0.15, 0.2) is 59.2 Å². The first-order valence-electron chi connectivity index (χ1n) is 10.2. The predicted molar refractivity (Wildman–Crippen MR) is 113 cm³/mol. The van der Waals surface area contributed by atoms with Crippen molar-refractivity contribution in [2.75, 3.05) is 26.2 Å². The summed E-state index contributed by atoms with van der Waals surface area (Å²) < 4.78 is 7.17. The molecular formula is C23H25N5O2. The number of carbonyl (C=O) groups excluding carboxylic acids is 1. The van der Waals surface area contributed by atoms with Gasteiger partial charge in [0, 0.05) is 32.2 Å². The smallest absolute Gasteiger partial charge is 0.272 e. The largest absolute Gasteiger partial charge is 0.463 e. The summed E-state index contributed by atoms with van der Waals surface area (Å²) in [5, 5.41) is 14.1. The first-order valence-corrected chi connectivity index (χ1v) is 10.2. The van der Waals surface area contributed by atoms with Crippen LogP contribution in [-0.2, 0) is 0 Å². The van der Waals surface area contributed by atoms with E-state index in [4.69, 9.17) is 4.42 Å². The van der Waals surface area contributed by atoms with Crippen molar-refractivity contribution < 1.29 is 9.21 Å². The molecule has 30 heavy (non-hydrogen) atoms. The summed E-state index contributed by atoms with van der Waals surface area (Å²) in [7, 11) is 0. The minimum Gasteiger partial charge on any atom is -0.463 e. The van der Waals surface area contributed by atoms with Crippen molar-refractivity contribution in [1.82, 2.24) is 19.6 Å². The summed E-state index contributed by atoms with van der Waals surface area (Å²) in [6.45, 7) is 6.65. The fourth-order valence-corrected chi connectivity index (χ4v) is 3.86. The molecule has 3 aromatic rings. The summed E-state index contributed by atoms with van der Waals surface area (Å²) >= 11 is 0. The molecule has 3 heterocycles. The molecule has 7 nitrogen and oxygen atoms in total. The number of aromatic nitrogens is 2. The maximum atomic E-state index is 13.4. The number of furan rings is 1. The monoisotopic (exact) mass is 403 g/mol. The van der Waals surface area contributed by atoms with Crippen LogP contribution < -0.4 is 0 Å². The lowest BCUT2D eigenvalue weighted by Gasteiger charge is -2.38. The van der Waals surface area contributed by atoms with Crippen molar-refractivity contribution >= 4 is 5.91 Å². The maximum absolute atomic E-state index is 13.4. The van der Waals surface area contributed by atoms with Crippen LogP contribution in [0.25, 0.3) is 17.1 Å². The molecule has 1 aliphatic rings. The van der Waals surface area contributed by atoms with Crippen molar-refractivity contribution in [3.63, 3.8) is 0 Å².